The summed E-state index contributed by atoms with van der Waals surface area (Å²) in [7, 11) is -3.72. The molecule has 2 aromatic heterocycles. The van der Waals surface area contributed by atoms with Gasteiger partial charge in [0.1, 0.15) is 17.0 Å². The van der Waals surface area contributed by atoms with E-state index in [4.69, 9.17) is 23.2 Å². The average Bonchev–Trinajstić information content (AvgIpc) is 3.11. The Balaban J connectivity index is 1.58. The number of nitrogens with zero attached hydrogens (tertiary/aromatic N) is 6. The van der Waals surface area contributed by atoms with Crippen molar-refractivity contribution < 1.29 is 8.42 Å². The molecule has 1 aliphatic rings. The quantitative estimate of drug-likeness (QED) is 0.638. The number of aryl methyl sites for hydroxylation is 1. The van der Waals surface area contributed by atoms with Gasteiger partial charge in [-0.2, -0.15) is 18.9 Å². The predicted octanol–water partition coefficient (Wildman–Crippen LogP) is 2.25. The molecule has 0 N–H and O–H groups in total. The van der Waals surface area contributed by atoms with E-state index in [1.807, 2.05) is 13.0 Å². The molecule has 1 fully saturated rings. The second kappa shape index (κ2) is 6.90. The van der Waals surface area contributed by atoms with E-state index in [2.05, 4.69) is 20.0 Å². The summed E-state index contributed by atoms with van der Waals surface area (Å²) < 4.78 is 29.0. The number of aromatic nitrogens is 4. The number of hydrogen-bond acceptors (Lipinski definition) is 6. The minimum Gasteiger partial charge on any atom is -0.354 e. The first-order chi connectivity index (χ1) is 12.9. The van der Waals surface area contributed by atoms with Crippen LogP contribution in [0.15, 0.2) is 35.5 Å². The maximum atomic E-state index is 13.0. The highest BCUT2D eigenvalue weighted by molar-refractivity contribution is 7.89. The van der Waals surface area contributed by atoms with E-state index in [0.717, 1.165) is 11.5 Å². The van der Waals surface area contributed by atoms with Crippen molar-refractivity contribution in [3.05, 3.63) is 46.3 Å². The first-order valence-corrected chi connectivity index (χ1v) is 10.4. The van der Waals surface area contributed by atoms with Crippen LogP contribution in [-0.2, 0) is 10.0 Å². The van der Waals surface area contributed by atoms with Crippen molar-refractivity contribution in [3.8, 4) is 0 Å². The van der Waals surface area contributed by atoms with Crippen LogP contribution in [0, 0.1) is 6.92 Å². The Morgan fingerprint density at radius 2 is 1.85 bits per heavy atom. The van der Waals surface area contributed by atoms with Gasteiger partial charge in [-0.1, -0.05) is 29.3 Å². The number of rotatable bonds is 3. The van der Waals surface area contributed by atoms with Crippen molar-refractivity contribution >= 4 is 44.8 Å². The molecule has 0 aliphatic carbocycles. The Hall–Kier alpha value is -1.94. The molecule has 0 spiro atoms. The molecule has 1 aromatic carbocycles. The first-order valence-electron chi connectivity index (χ1n) is 8.24. The monoisotopic (exact) mass is 426 g/mol. The normalized spacial score (nSPS) is 16.2. The molecule has 3 heterocycles. The Morgan fingerprint density at radius 3 is 2.59 bits per heavy atom. The predicted molar refractivity (Wildman–Crippen MR) is 103 cm³/mol. The number of fused-ring (bicyclic) bond motifs is 1. The molecule has 0 saturated carbocycles. The van der Waals surface area contributed by atoms with E-state index < -0.39 is 10.0 Å². The zero-order chi connectivity index (χ0) is 19.2. The van der Waals surface area contributed by atoms with Gasteiger partial charge in [0.15, 0.2) is 0 Å². The molecule has 0 radical (unpaired) electrons. The van der Waals surface area contributed by atoms with Gasteiger partial charge in [-0.15, -0.1) is 0 Å². The average molecular weight is 427 g/mol. The van der Waals surface area contributed by atoms with Crippen LogP contribution in [0.4, 0.5) is 5.82 Å². The van der Waals surface area contributed by atoms with Crippen LogP contribution in [0.25, 0.3) is 5.78 Å². The van der Waals surface area contributed by atoms with Crippen LogP contribution in [0.3, 0.4) is 0 Å². The smallest absolute Gasteiger partial charge is 0.254 e. The molecule has 0 unspecified atom stereocenters. The van der Waals surface area contributed by atoms with Gasteiger partial charge in [0.25, 0.3) is 5.78 Å². The van der Waals surface area contributed by atoms with Gasteiger partial charge in [0, 0.05) is 37.9 Å². The van der Waals surface area contributed by atoms with Crippen LogP contribution in [0.1, 0.15) is 5.69 Å². The van der Waals surface area contributed by atoms with Gasteiger partial charge >= 0.3 is 0 Å². The lowest BCUT2D eigenvalue weighted by molar-refractivity contribution is 0.383. The largest absolute Gasteiger partial charge is 0.354 e. The fraction of sp³-hybridized carbons (Fsp3) is 0.312. The molecule has 3 aromatic rings. The second-order valence-electron chi connectivity index (χ2n) is 6.17. The van der Waals surface area contributed by atoms with E-state index in [1.54, 1.807) is 16.6 Å². The van der Waals surface area contributed by atoms with E-state index in [0.29, 0.717) is 32.0 Å². The minimum absolute atomic E-state index is 0.0311. The van der Waals surface area contributed by atoms with Gasteiger partial charge in [-0.05, 0) is 19.1 Å². The number of halogens is 2. The van der Waals surface area contributed by atoms with Crippen LogP contribution < -0.4 is 4.90 Å². The SMILES string of the molecule is Cc1cc(N2CCN(S(=O)(=O)c3cccc(Cl)c3Cl)CC2)n2ncnc2n1. The third kappa shape index (κ3) is 3.25. The zero-order valence-electron chi connectivity index (χ0n) is 14.4. The van der Waals surface area contributed by atoms with Crippen molar-refractivity contribution in [1.82, 2.24) is 23.9 Å². The lowest BCUT2D eigenvalue weighted by Gasteiger charge is -2.35. The summed E-state index contributed by atoms with van der Waals surface area (Å²) in [6.07, 6.45) is 1.45. The molecular formula is C16H16Cl2N6O2S. The topological polar surface area (TPSA) is 83.7 Å². The molecule has 0 atom stereocenters. The lowest BCUT2D eigenvalue weighted by Crippen LogP contribution is -2.49. The Labute approximate surface area is 166 Å². The Kier molecular flexibility index (Phi) is 4.71. The molecule has 0 amide bonds. The molecule has 8 nitrogen and oxygen atoms in total. The van der Waals surface area contributed by atoms with E-state index >= 15 is 0 Å². The third-order valence-electron chi connectivity index (χ3n) is 4.46. The standard InChI is InChI=1S/C16H16Cl2N6O2S/c1-11-9-14(24-16(21-11)19-10-20-24)22-5-7-23(8-6-22)27(25,26)13-4-2-3-12(17)15(13)18/h2-4,9-10H,5-8H2,1H3. The van der Waals surface area contributed by atoms with E-state index in [-0.39, 0.29) is 14.9 Å². The van der Waals surface area contributed by atoms with Gasteiger partial charge in [-0.3, -0.25) is 0 Å². The van der Waals surface area contributed by atoms with Crippen LogP contribution in [0.2, 0.25) is 10.0 Å². The molecule has 0 bridgehead atoms. The number of sulfonamides is 1. The van der Waals surface area contributed by atoms with Crippen molar-refractivity contribution in [2.24, 2.45) is 0 Å². The highest BCUT2D eigenvalue weighted by atomic mass is 35.5. The molecule has 142 valence electrons. The summed E-state index contributed by atoms with van der Waals surface area (Å²) in [5.41, 5.74) is 0.825. The number of benzene rings is 1. The van der Waals surface area contributed by atoms with Gasteiger partial charge in [0.2, 0.25) is 10.0 Å². The minimum atomic E-state index is -3.72. The Morgan fingerprint density at radius 1 is 1.11 bits per heavy atom. The maximum absolute atomic E-state index is 13.0. The molecule has 1 aliphatic heterocycles. The number of piperazine rings is 1. The summed E-state index contributed by atoms with van der Waals surface area (Å²) in [5, 5.41) is 4.48. The molecule has 4 rings (SSSR count). The maximum Gasteiger partial charge on any atom is 0.254 e. The second-order valence-corrected chi connectivity index (χ2v) is 8.86. The lowest BCUT2D eigenvalue weighted by atomic mass is 10.3. The van der Waals surface area contributed by atoms with Crippen molar-refractivity contribution in [3.63, 3.8) is 0 Å². The highest BCUT2D eigenvalue weighted by Crippen LogP contribution is 2.31. The summed E-state index contributed by atoms with van der Waals surface area (Å²) in [6.45, 7) is 3.55. The van der Waals surface area contributed by atoms with E-state index in [9.17, 15) is 8.42 Å². The van der Waals surface area contributed by atoms with Crippen molar-refractivity contribution in [2.75, 3.05) is 31.1 Å². The zero-order valence-corrected chi connectivity index (χ0v) is 16.7. The summed E-state index contributed by atoms with van der Waals surface area (Å²) in [5.74, 6) is 1.36. The van der Waals surface area contributed by atoms with Crippen LogP contribution in [0.5, 0.6) is 0 Å². The van der Waals surface area contributed by atoms with Gasteiger partial charge in [-0.25, -0.2) is 13.4 Å². The van der Waals surface area contributed by atoms with Crippen LogP contribution in [-0.4, -0.2) is 58.5 Å². The van der Waals surface area contributed by atoms with Gasteiger partial charge < -0.3 is 4.90 Å². The third-order valence-corrected chi connectivity index (χ3v) is 7.33. The highest BCUT2D eigenvalue weighted by Gasteiger charge is 2.31. The number of anilines is 1. The Bertz CT molecular complexity index is 1110. The number of hydrogen-bond donors (Lipinski definition) is 0. The molecule has 27 heavy (non-hydrogen) atoms. The fourth-order valence-corrected chi connectivity index (χ4v) is 5.27. The summed E-state index contributed by atoms with van der Waals surface area (Å²) in [4.78, 5) is 10.6. The first kappa shape index (κ1) is 18.4. The fourth-order valence-electron chi connectivity index (χ4n) is 3.12. The van der Waals surface area contributed by atoms with Crippen molar-refractivity contribution in [2.45, 2.75) is 11.8 Å². The molecule has 1 saturated heterocycles. The van der Waals surface area contributed by atoms with E-state index in [1.165, 1.54) is 16.7 Å². The van der Waals surface area contributed by atoms with Gasteiger partial charge in [0.05, 0.1) is 10.0 Å². The molecular weight excluding hydrogens is 411 g/mol. The summed E-state index contributed by atoms with van der Waals surface area (Å²) >= 11 is 12.1. The summed E-state index contributed by atoms with van der Waals surface area (Å²) in [6, 6.07) is 6.54. The van der Waals surface area contributed by atoms with Crippen molar-refractivity contribution in [1.29, 1.82) is 0 Å². The van der Waals surface area contributed by atoms with Crippen LogP contribution >= 0.6 is 23.2 Å². The molecule has 11 heteroatoms.